The molecule has 1 aromatic heterocycles. The van der Waals surface area contributed by atoms with Crippen LogP contribution in [0.5, 0.6) is 0 Å². The Morgan fingerprint density at radius 1 is 1.52 bits per heavy atom. The first-order valence-corrected chi connectivity index (χ1v) is 7.59. The van der Waals surface area contributed by atoms with E-state index in [9.17, 15) is 10.1 Å². The molecule has 1 unspecified atom stereocenters. The van der Waals surface area contributed by atoms with E-state index in [2.05, 4.69) is 10.4 Å². The second kappa shape index (κ2) is 6.89. The lowest BCUT2D eigenvalue weighted by Crippen LogP contribution is -2.22. The number of rotatable bonds is 6. The molecule has 1 aromatic rings. The molecule has 0 aliphatic carbocycles. The van der Waals surface area contributed by atoms with Crippen molar-refractivity contribution in [2.45, 2.75) is 58.6 Å². The number of aryl methyl sites for hydroxylation is 1. The summed E-state index contributed by atoms with van der Waals surface area (Å²) in [5.41, 5.74) is 0.526. The standard InChI is InChI=1S/C14H24N4O3/c1-10(2)17-14(13(18(19)20)11(3)16-17)15-8-7-12-6-4-5-9-21-12/h10,12,15H,4-9H2,1-3H3. The number of nitrogens with zero attached hydrogens (tertiary/aromatic N) is 3. The maximum Gasteiger partial charge on any atom is 0.333 e. The van der Waals surface area contributed by atoms with Crippen LogP contribution < -0.4 is 5.32 Å². The summed E-state index contributed by atoms with van der Waals surface area (Å²) in [6.45, 7) is 7.08. The van der Waals surface area contributed by atoms with Crippen LogP contribution in [0.2, 0.25) is 0 Å². The van der Waals surface area contributed by atoms with Crippen LogP contribution in [0.1, 0.15) is 51.3 Å². The molecule has 0 spiro atoms. The van der Waals surface area contributed by atoms with Gasteiger partial charge in [-0.05, 0) is 46.5 Å². The van der Waals surface area contributed by atoms with Crippen LogP contribution in [0.3, 0.4) is 0 Å². The number of anilines is 1. The smallest absolute Gasteiger partial charge is 0.333 e. The summed E-state index contributed by atoms with van der Waals surface area (Å²) in [5, 5.41) is 18.7. The Hall–Kier alpha value is -1.63. The van der Waals surface area contributed by atoms with Crippen molar-refractivity contribution in [2.24, 2.45) is 0 Å². The number of hydrogen-bond acceptors (Lipinski definition) is 5. The number of nitrogens with one attached hydrogen (secondary N) is 1. The highest BCUT2D eigenvalue weighted by molar-refractivity contribution is 5.59. The van der Waals surface area contributed by atoms with E-state index in [4.69, 9.17) is 4.74 Å². The summed E-state index contributed by atoms with van der Waals surface area (Å²) in [6.07, 6.45) is 4.54. The highest BCUT2D eigenvalue weighted by Crippen LogP contribution is 2.30. The molecule has 1 atom stereocenters. The Morgan fingerprint density at radius 2 is 2.29 bits per heavy atom. The average Bonchev–Trinajstić information content (AvgIpc) is 2.77. The molecule has 0 amide bonds. The van der Waals surface area contributed by atoms with Gasteiger partial charge in [-0.15, -0.1) is 0 Å². The molecule has 0 bridgehead atoms. The Bertz CT molecular complexity index is 493. The quantitative estimate of drug-likeness (QED) is 0.644. The van der Waals surface area contributed by atoms with Crippen LogP contribution in [-0.2, 0) is 4.74 Å². The minimum Gasteiger partial charge on any atom is -0.378 e. The highest BCUT2D eigenvalue weighted by Gasteiger charge is 2.26. The summed E-state index contributed by atoms with van der Waals surface area (Å²) < 4.78 is 7.37. The van der Waals surface area contributed by atoms with Gasteiger partial charge < -0.3 is 10.1 Å². The number of ether oxygens (including phenoxy) is 1. The molecule has 1 aliphatic rings. The highest BCUT2D eigenvalue weighted by atomic mass is 16.6. The van der Waals surface area contributed by atoms with Crippen LogP contribution in [0.25, 0.3) is 0 Å². The van der Waals surface area contributed by atoms with Crippen molar-refractivity contribution >= 4 is 11.5 Å². The van der Waals surface area contributed by atoms with Crippen molar-refractivity contribution in [3.05, 3.63) is 15.8 Å². The predicted octanol–water partition coefficient (Wildman–Crippen LogP) is 3.05. The van der Waals surface area contributed by atoms with E-state index in [1.807, 2.05) is 13.8 Å². The van der Waals surface area contributed by atoms with E-state index in [-0.39, 0.29) is 22.8 Å². The Morgan fingerprint density at radius 3 is 2.86 bits per heavy atom. The minimum atomic E-state index is -0.360. The van der Waals surface area contributed by atoms with Gasteiger partial charge in [0.15, 0.2) is 0 Å². The van der Waals surface area contributed by atoms with Crippen LogP contribution in [0.4, 0.5) is 11.5 Å². The fourth-order valence-electron chi connectivity index (χ4n) is 2.68. The first kappa shape index (κ1) is 15.8. The maximum atomic E-state index is 11.2. The molecule has 2 heterocycles. The van der Waals surface area contributed by atoms with E-state index in [1.54, 1.807) is 11.6 Å². The van der Waals surface area contributed by atoms with Gasteiger partial charge in [0, 0.05) is 19.2 Å². The zero-order valence-electron chi connectivity index (χ0n) is 13.0. The summed E-state index contributed by atoms with van der Waals surface area (Å²) in [5.74, 6) is 0.503. The Labute approximate surface area is 124 Å². The van der Waals surface area contributed by atoms with Gasteiger partial charge >= 0.3 is 5.69 Å². The van der Waals surface area contributed by atoms with Crippen molar-refractivity contribution in [2.75, 3.05) is 18.5 Å². The van der Waals surface area contributed by atoms with Crippen molar-refractivity contribution in [3.8, 4) is 0 Å². The van der Waals surface area contributed by atoms with E-state index >= 15 is 0 Å². The first-order valence-electron chi connectivity index (χ1n) is 7.59. The Kier molecular flexibility index (Phi) is 5.17. The summed E-state index contributed by atoms with van der Waals surface area (Å²) in [6, 6.07) is 0.0748. The molecule has 1 saturated heterocycles. The van der Waals surface area contributed by atoms with Gasteiger partial charge in [0.2, 0.25) is 5.82 Å². The molecule has 118 valence electrons. The number of nitro groups is 1. The molecule has 1 aliphatic heterocycles. The van der Waals surface area contributed by atoms with E-state index in [0.717, 1.165) is 25.9 Å². The second-order valence-electron chi connectivity index (χ2n) is 5.78. The Balaban J connectivity index is 2.05. The summed E-state index contributed by atoms with van der Waals surface area (Å²) in [4.78, 5) is 10.9. The van der Waals surface area contributed by atoms with Gasteiger partial charge in [0.1, 0.15) is 5.69 Å². The van der Waals surface area contributed by atoms with Crippen LogP contribution in [0, 0.1) is 17.0 Å². The second-order valence-corrected chi connectivity index (χ2v) is 5.78. The van der Waals surface area contributed by atoms with Gasteiger partial charge in [0.25, 0.3) is 0 Å². The molecule has 1 N–H and O–H groups in total. The molecule has 0 aromatic carbocycles. The topological polar surface area (TPSA) is 82.2 Å². The molecule has 7 nitrogen and oxygen atoms in total. The van der Waals surface area contributed by atoms with E-state index < -0.39 is 0 Å². The van der Waals surface area contributed by atoms with Crippen molar-refractivity contribution in [1.82, 2.24) is 9.78 Å². The van der Waals surface area contributed by atoms with Crippen molar-refractivity contribution in [3.63, 3.8) is 0 Å². The SMILES string of the molecule is Cc1nn(C(C)C)c(NCCC2CCCCO2)c1[N+](=O)[O-]. The van der Waals surface area contributed by atoms with Crippen LogP contribution >= 0.6 is 0 Å². The fourth-order valence-corrected chi connectivity index (χ4v) is 2.68. The molecule has 0 saturated carbocycles. The van der Waals surface area contributed by atoms with Gasteiger partial charge in [0.05, 0.1) is 11.0 Å². The van der Waals surface area contributed by atoms with Gasteiger partial charge in [-0.3, -0.25) is 10.1 Å². The first-order chi connectivity index (χ1) is 10.0. The zero-order chi connectivity index (χ0) is 15.4. The summed E-state index contributed by atoms with van der Waals surface area (Å²) in [7, 11) is 0. The maximum absolute atomic E-state index is 11.2. The monoisotopic (exact) mass is 296 g/mol. The van der Waals surface area contributed by atoms with E-state index in [0.29, 0.717) is 18.1 Å². The summed E-state index contributed by atoms with van der Waals surface area (Å²) >= 11 is 0. The lowest BCUT2D eigenvalue weighted by molar-refractivity contribution is -0.384. The molecule has 7 heteroatoms. The molecule has 2 rings (SSSR count). The normalized spacial score (nSPS) is 19.0. The third-order valence-corrected chi connectivity index (χ3v) is 3.76. The van der Waals surface area contributed by atoms with Crippen LogP contribution in [-0.4, -0.2) is 34.0 Å². The molecule has 0 radical (unpaired) electrons. The van der Waals surface area contributed by atoms with Crippen molar-refractivity contribution < 1.29 is 9.66 Å². The largest absolute Gasteiger partial charge is 0.378 e. The average molecular weight is 296 g/mol. The van der Waals surface area contributed by atoms with Gasteiger partial charge in [-0.1, -0.05) is 0 Å². The number of hydrogen-bond donors (Lipinski definition) is 1. The molecular formula is C14H24N4O3. The molecular weight excluding hydrogens is 272 g/mol. The number of aromatic nitrogens is 2. The third-order valence-electron chi connectivity index (χ3n) is 3.76. The fraction of sp³-hybridized carbons (Fsp3) is 0.786. The lowest BCUT2D eigenvalue weighted by atomic mass is 10.1. The van der Waals surface area contributed by atoms with Crippen molar-refractivity contribution in [1.29, 1.82) is 0 Å². The van der Waals surface area contributed by atoms with Gasteiger partial charge in [-0.2, -0.15) is 5.10 Å². The van der Waals surface area contributed by atoms with Crippen LogP contribution in [0.15, 0.2) is 0 Å². The van der Waals surface area contributed by atoms with Gasteiger partial charge in [-0.25, -0.2) is 4.68 Å². The minimum absolute atomic E-state index is 0.0748. The third kappa shape index (κ3) is 3.72. The molecule has 21 heavy (non-hydrogen) atoms. The van der Waals surface area contributed by atoms with E-state index in [1.165, 1.54) is 6.42 Å². The predicted molar refractivity (Wildman–Crippen MR) is 80.7 cm³/mol. The lowest BCUT2D eigenvalue weighted by Gasteiger charge is -2.22. The zero-order valence-corrected chi connectivity index (χ0v) is 13.0. The molecule has 1 fully saturated rings.